The van der Waals surface area contributed by atoms with Crippen molar-refractivity contribution in [1.29, 1.82) is 0 Å². The number of rotatable bonds is 4. The molecular weight excluding hydrogens is 264 g/mol. The molecule has 21 heavy (non-hydrogen) atoms. The molecule has 0 saturated carbocycles. The van der Waals surface area contributed by atoms with E-state index in [-0.39, 0.29) is 5.54 Å². The average molecular weight is 298 g/mol. The van der Waals surface area contributed by atoms with Gasteiger partial charge in [0.05, 0.1) is 6.10 Å². The molecular formula is C17H34N2O2. The molecule has 0 aromatic rings. The van der Waals surface area contributed by atoms with E-state index in [4.69, 9.17) is 9.47 Å². The summed E-state index contributed by atoms with van der Waals surface area (Å²) in [6, 6.07) is 0. The first-order valence-electron chi connectivity index (χ1n) is 8.55. The molecule has 0 spiro atoms. The van der Waals surface area contributed by atoms with Crippen molar-refractivity contribution in [3.05, 3.63) is 0 Å². The molecule has 2 fully saturated rings. The monoisotopic (exact) mass is 298 g/mol. The molecule has 4 nitrogen and oxygen atoms in total. The summed E-state index contributed by atoms with van der Waals surface area (Å²) < 4.78 is 11.4. The van der Waals surface area contributed by atoms with E-state index in [1.54, 1.807) is 0 Å². The van der Waals surface area contributed by atoms with Crippen molar-refractivity contribution in [3.8, 4) is 0 Å². The second-order valence-corrected chi connectivity index (χ2v) is 7.99. The first-order valence-corrected chi connectivity index (χ1v) is 8.55. The summed E-state index contributed by atoms with van der Waals surface area (Å²) in [5.74, 6) is 0. The van der Waals surface area contributed by atoms with E-state index in [1.807, 2.05) is 0 Å². The van der Waals surface area contributed by atoms with Crippen LogP contribution in [0.3, 0.4) is 0 Å². The van der Waals surface area contributed by atoms with E-state index in [0.717, 1.165) is 39.3 Å². The Morgan fingerprint density at radius 3 is 2.57 bits per heavy atom. The normalized spacial score (nSPS) is 28.3. The molecule has 1 N–H and O–H groups in total. The summed E-state index contributed by atoms with van der Waals surface area (Å²) in [5.41, 5.74) is 0.538. The van der Waals surface area contributed by atoms with Crippen LogP contribution < -0.4 is 5.32 Å². The molecule has 1 unspecified atom stereocenters. The smallest absolute Gasteiger partial charge is 0.0673 e. The van der Waals surface area contributed by atoms with Gasteiger partial charge in [-0.1, -0.05) is 0 Å². The molecule has 2 heterocycles. The number of ether oxygens (including phenoxy) is 2. The summed E-state index contributed by atoms with van der Waals surface area (Å²) in [5, 5.41) is 3.74. The van der Waals surface area contributed by atoms with E-state index >= 15 is 0 Å². The molecule has 0 bridgehead atoms. The van der Waals surface area contributed by atoms with Crippen LogP contribution in [0.25, 0.3) is 0 Å². The minimum Gasteiger partial charge on any atom is -0.381 e. The van der Waals surface area contributed by atoms with Crippen LogP contribution in [0.4, 0.5) is 0 Å². The van der Waals surface area contributed by atoms with Gasteiger partial charge in [-0.15, -0.1) is 0 Å². The van der Waals surface area contributed by atoms with Crippen LogP contribution in [0, 0.1) is 5.41 Å². The Morgan fingerprint density at radius 1 is 1.19 bits per heavy atom. The van der Waals surface area contributed by atoms with Crippen molar-refractivity contribution in [1.82, 2.24) is 10.2 Å². The Balaban J connectivity index is 1.97. The van der Waals surface area contributed by atoms with Crippen molar-refractivity contribution >= 4 is 0 Å². The molecule has 2 rings (SSSR count). The Hall–Kier alpha value is -0.160. The van der Waals surface area contributed by atoms with Crippen molar-refractivity contribution in [2.75, 3.05) is 46.0 Å². The van der Waals surface area contributed by atoms with E-state index in [2.05, 4.69) is 37.9 Å². The largest absolute Gasteiger partial charge is 0.381 e. The highest BCUT2D eigenvalue weighted by Crippen LogP contribution is 2.32. The zero-order valence-corrected chi connectivity index (χ0v) is 14.4. The van der Waals surface area contributed by atoms with Crippen LogP contribution in [0.2, 0.25) is 0 Å². The third-order valence-corrected chi connectivity index (χ3v) is 4.64. The fraction of sp³-hybridized carbons (Fsp3) is 1.00. The van der Waals surface area contributed by atoms with Crippen molar-refractivity contribution in [3.63, 3.8) is 0 Å². The third-order valence-electron chi connectivity index (χ3n) is 4.64. The zero-order valence-electron chi connectivity index (χ0n) is 14.4. The van der Waals surface area contributed by atoms with Crippen LogP contribution in [0.1, 0.15) is 47.0 Å². The lowest BCUT2D eigenvalue weighted by Crippen LogP contribution is -2.51. The third kappa shape index (κ3) is 5.85. The lowest BCUT2D eigenvalue weighted by molar-refractivity contribution is -0.0112. The molecule has 0 radical (unpaired) electrons. The topological polar surface area (TPSA) is 33.7 Å². The van der Waals surface area contributed by atoms with E-state index < -0.39 is 0 Å². The fourth-order valence-corrected chi connectivity index (χ4v) is 3.35. The first-order chi connectivity index (χ1) is 9.89. The average Bonchev–Trinajstić information content (AvgIpc) is 2.61. The van der Waals surface area contributed by atoms with Crippen LogP contribution >= 0.6 is 0 Å². The van der Waals surface area contributed by atoms with Gasteiger partial charge in [0.1, 0.15) is 0 Å². The molecule has 0 amide bonds. The molecule has 4 heteroatoms. The van der Waals surface area contributed by atoms with Gasteiger partial charge in [-0.2, -0.15) is 0 Å². The molecule has 1 atom stereocenters. The van der Waals surface area contributed by atoms with Gasteiger partial charge in [0.15, 0.2) is 0 Å². The highest BCUT2D eigenvalue weighted by molar-refractivity contribution is 4.90. The number of hydrogen-bond donors (Lipinski definition) is 1. The number of hydrogen-bond acceptors (Lipinski definition) is 4. The highest BCUT2D eigenvalue weighted by atomic mass is 16.5. The van der Waals surface area contributed by atoms with Crippen molar-refractivity contribution in [2.45, 2.75) is 58.6 Å². The standard InChI is InChI=1S/C17H34N2O2/c1-15-12-19(8-5-9-21-15)14-17(6-10-20-11-7-17)13-18-16(2,3)4/h15,18H,5-14H2,1-4H3. The highest BCUT2D eigenvalue weighted by Gasteiger charge is 2.35. The molecule has 2 aliphatic rings. The first kappa shape index (κ1) is 17.2. The van der Waals surface area contributed by atoms with Crippen LogP contribution in [0.5, 0.6) is 0 Å². The summed E-state index contributed by atoms with van der Waals surface area (Å²) in [6.07, 6.45) is 3.85. The molecule has 2 aliphatic heterocycles. The Kier molecular flexibility index (Phi) is 6.06. The van der Waals surface area contributed by atoms with Crippen LogP contribution in [-0.4, -0.2) is 62.5 Å². The molecule has 0 aliphatic carbocycles. The predicted molar refractivity (Wildman–Crippen MR) is 86.7 cm³/mol. The van der Waals surface area contributed by atoms with E-state index in [1.165, 1.54) is 25.9 Å². The number of nitrogens with one attached hydrogen (secondary N) is 1. The molecule has 2 saturated heterocycles. The number of nitrogens with zero attached hydrogens (tertiary/aromatic N) is 1. The quantitative estimate of drug-likeness (QED) is 0.863. The van der Waals surface area contributed by atoms with Gasteiger partial charge in [-0.05, 0) is 52.4 Å². The van der Waals surface area contributed by atoms with Gasteiger partial charge >= 0.3 is 0 Å². The van der Waals surface area contributed by atoms with Crippen molar-refractivity contribution < 1.29 is 9.47 Å². The minimum atomic E-state index is 0.181. The summed E-state index contributed by atoms with van der Waals surface area (Å²) in [7, 11) is 0. The minimum absolute atomic E-state index is 0.181. The van der Waals surface area contributed by atoms with Gasteiger partial charge in [-0.3, -0.25) is 0 Å². The second kappa shape index (κ2) is 7.40. The molecule has 0 aromatic heterocycles. The second-order valence-electron chi connectivity index (χ2n) is 7.99. The SMILES string of the molecule is CC1CN(CC2(CNC(C)(C)C)CCOCC2)CCCO1. The summed E-state index contributed by atoms with van der Waals surface area (Å²) >= 11 is 0. The lowest BCUT2D eigenvalue weighted by atomic mass is 9.78. The van der Waals surface area contributed by atoms with E-state index in [9.17, 15) is 0 Å². The molecule has 0 aromatic carbocycles. The maximum Gasteiger partial charge on any atom is 0.0673 e. The van der Waals surface area contributed by atoms with Crippen LogP contribution in [-0.2, 0) is 9.47 Å². The van der Waals surface area contributed by atoms with Crippen LogP contribution in [0.15, 0.2) is 0 Å². The van der Waals surface area contributed by atoms with Gasteiger partial charge in [0.2, 0.25) is 0 Å². The fourth-order valence-electron chi connectivity index (χ4n) is 3.35. The Morgan fingerprint density at radius 2 is 1.90 bits per heavy atom. The molecule has 124 valence electrons. The van der Waals surface area contributed by atoms with Crippen molar-refractivity contribution in [2.24, 2.45) is 5.41 Å². The van der Waals surface area contributed by atoms with Gasteiger partial charge < -0.3 is 19.7 Å². The Bertz CT molecular complexity index is 308. The Labute approximate surface area is 130 Å². The maximum atomic E-state index is 5.79. The zero-order chi connectivity index (χ0) is 15.3. The van der Waals surface area contributed by atoms with E-state index in [0.29, 0.717) is 11.5 Å². The lowest BCUT2D eigenvalue weighted by Gasteiger charge is -2.43. The predicted octanol–water partition coefficient (Wildman–Crippen LogP) is 2.28. The van der Waals surface area contributed by atoms with Gasteiger partial charge in [0.25, 0.3) is 0 Å². The summed E-state index contributed by atoms with van der Waals surface area (Å²) in [4.78, 5) is 2.62. The van der Waals surface area contributed by atoms with Gasteiger partial charge in [0, 0.05) is 51.5 Å². The summed E-state index contributed by atoms with van der Waals surface area (Å²) in [6.45, 7) is 16.2. The van der Waals surface area contributed by atoms with Gasteiger partial charge in [-0.25, -0.2) is 0 Å². The maximum absolute atomic E-state index is 5.79.